The van der Waals surface area contributed by atoms with E-state index in [1.807, 2.05) is 39.0 Å². The molecule has 1 aromatic heterocycles. The average Bonchev–Trinajstić information content (AvgIpc) is 3.35. The van der Waals surface area contributed by atoms with E-state index in [1.54, 1.807) is 23.1 Å². The predicted molar refractivity (Wildman–Crippen MR) is 132 cm³/mol. The summed E-state index contributed by atoms with van der Waals surface area (Å²) in [7, 11) is 0. The first-order chi connectivity index (χ1) is 16.4. The topological polar surface area (TPSA) is 87.7 Å². The van der Waals surface area contributed by atoms with Crippen LogP contribution in [0.4, 0.5) is 0 Å². The second-order valence-electron chi connectivity index (χ2n) is 8.12. The monoisotopic (exact) mass is 481 g/mol. The number of aromatic nitrogens is 2. The predicted octanol–water partition coefficient (Wildman–Crippen LogP) is 5.66. The van der Waals surface area contributed by atoms with Crippen molar-refractivity contribution in [1.82, 2.24) is 15.1 Å². The van der Waals surface area contributed by atoms with Gasteiger partial charge in [0.15, 0.2) is 11.5 Å². The Balaban J connectivity index is 1.88. The van der Waals surface area contributed by atoms with E-state index < -0.39 is 6.04 Å². The van der Waals surface area contributed by atoms with Crippen LogP contribution in [0.2, 0.25) is 5.02 Å². The van der Waals surface area contributed by atoms with Crippen molar-refractivity contribution in [2.45, 2.75) is 33.2 Å². The number of nitrogens with one attached hydrogen (secondary N) is 1. The molecule has 2 aromatic carbocycles. The molecule has 7 nitrogen and oxygen atoms in total. The Morgan fingerprint density at radius 1 is 1.24 bits per heavy atom. The van der Waals surface area contributed by atoms with Crippen molar-refractivity contribution in [1.29, 1.82) is 0 Å². The first kappa shape index (κ1) is 23.7. The van der Waals surface area contributed by atoms with Crippen molar-refractivity contribution in [2.24, 2.45) is 0 Å². The summed E-state index contributed by atoms with van der Waals surface area (Å²) in [4.78, 5) is 15.0. The fourth-order valence-electron chi connectivity index (χ4n) is 4.23. The minimum atomic E-state index is -0.465. The van der Waals surface area contributed by atoms with E-state index in [2.05, 4.69) is 16.8 Å². The molecule has 1 aliphatic rings. The van der Waals surface area contributed by atoms with E-state index in [9.17, 15) is 9.90 Å². The summed E-state index contributed by atoms with van der Waals surface area (Å²) in [5, 5.41) is 18.5. The Morgan fingerprint density at radius 3 is 2.74 bits per heavy atom. The number of phenols is 1. The number of nitrogens with zero attached hydrogens (tertiary/aromatic N) is 2. The van der Waals surface area contributed by atoms with Crippen molar-refractivity contribution < 1.29 is 19.4 Å². The molecule has 1 atom stereocenters. The third-order valence-electron chi connectivity index (χ3n) is 5.77. The zero-order valence-electron chi connectivity index (χ0n) is 19.5. The molecule has 34 heavy (non-hydrogen) atoms. The van der Waals surface area contributed by atoms with Gasteiger partial charge in [0, 0.05) is 22.7 Å². The van der Waals surface area contributed by atoms with Gasteiger partial charge in [0.05, 0.1) is 19.3 Å². The quantitative estimate of drug-likeness (QED) is 0.385. The van der Waals surface area contributed by atoms with Crippen LogP contribution in [0, 0.1) is 6.92 Å². The maximum absolute atomic E-state index is 13.3. The van der Waals surface area contributed by atoms with Crippen molar-refractivity contribution >= 4 is 17.5 Å². The van der Waals surface area contributed by atoms with Crippen LogP contribution in [0.1, 0.15) is 53.5 Å². The number of aromatic amines is 1. The highest BCUT2D eigenvalue weighted by Gasteiger charge is 2.42. The lowest BCUT2D eigenvalue weighted by molar-refractivity contribution is 0.0764. The van der Waals surface area contributed by atoms with E-state index in [0.29, 0.717) is 58.8 Å². The van der Waals surface area contributed by atoms with Gasteiger partial charge < -0.3 is 19.5 Å². The molecule has 0 fully saturated rings. The maximum Gasteiger partial charge on any atom is 0.273 e. The van der Waals surface area contributed by atoms with Crippen LogP contribution >= 0.6 is 11.6 Å². The van der Waals surface area contributed by atoms with Crippen molar-refractivity contribution in [2.75, 3.05) is 19.8 Å². The van der Waals surface area contributed by atoms with Crippen LogP contribution in [0.15, 0.2) is 43.0 Å². The number of hydrogen-bond donors (Lipinski definition) is 2. The molecule has 0 aliphatic carbocycles. The molecule has 1 amide bonds. The number of carbonyl (C=O) groups is 1. The molecular weight excluding hydrogens is 454 g/mol. The molecular formula is C26H28ClN3O4. The number of H-pyrrole nitrogens is 1. The highest BCUT2D eigenvalue weighted by Crippen LogP contribution is 2.46. The summed E-state index contributed by atoms with van der Waals surface area (Å²) in [5.74, 6) is 1.12. The number of aryl methyl sites for hydroxylation is 1. The van der Waals surface area contributed by atoms with Crippen molar-refractivity contribution in [3.05, 3.63) is 70.4 Å². The number of phenolic OH excluding ortho intramolecular Hbond substituents is 1. The minimum Gasteiger partial charge on any atom is -0.507 e. The highest BCUT2D eigenvalue weighted by molar-refractivity contribution is 6.31. The van der Waals surface area contributed by atoms with Gasteiger partial charge in [-0.3, -0.25) is 9.89 Å². The van der Waals surface area contributed by atoms with Gasteiger partial charge in [0.1, 0.15) is 17.1 Å². The summed E-state index contributed by atoms with van der Waals surface area (Å²) in [6.07, 6.45) is 2.56. The molecule has 0 bridgehead atoms. The third-order valence-corrected chi connectivity index (χ3v) is 6.17. The zero-order valence-corrected chi connectivity index (χ0v) is 20.3. The van der Waals surface area contributed by atoms with Gasteiger partial charge in [-0.05, 0) is 55.7 Å². The van der Waals surface area contributed by atoms with Gasteiger partial charge in [0.2, 0.25) is 0 Å². The van der Waals surface area contributed by atoms with Gasteiger partial charge in [0.25, 0.3) is 5.91 Å². The van der Waals surface area contributed by atoms with Crippen LogP contribution < -0.4 is 9.47 Å². The van der Waals surface area contributed by atoms with Gasteiger partial charge in [-0.1, -0.05) is 30.7 Å². The molecule has 3 aromatic rings. The molecule has 0 saturated heterocycles. The smallest absolute Gasteiger partial charge is 0.273 e. The van der Waals surface area contributed by atoms with E-state index in [-0.39, 0.29) is 11.7 Å². The van der Waals surface area contributed by atoms with E-state index in [0.717, 1.165) is 17.5 Å². The van der Waals surface area contributed by atoms with Crippen LogP contribution in [0.5, 0.6) is 17.2 Å². The molecule has 8 heteroatoms. The Bertz CT molecular complexity index is 1240. The summed E-state index contributed by atoms with van der Waals surface area (Å²) in [6.45, 7) is 11.0. The maximum atomic E-state index is 13.3. The normalized spacial score (nSPS) is 14.9. The molecule has 0 spiro atoms. The number of benzene rings is 2. The Hall–Kier alpha value is -3.45. The highest BCUT2D eigenvalue weighted by atomic mass is 35.5. The number of amides is 1. The molecule has 1 aliphatic heterocycles. The van der Waals surface area contributed by atoms with Gasteiger partial charge >= 0.3 is 0 Å². The molecule has 0 radical (unpaired) electrons. The molecule has 1 unspecified atom stereocenters. The van der Waals surface area contributed by atoms with Crippen LogP contribution in [0.3, 0.4) is 0 Å². The Labute approximate surface area is 204 Å². The lowest BCUT2D eigenvalue weighted by atomic mass is 9.95. The standard InChI is InChI=1S/C26H28ClN3O4/c1-5-10-30-25(16-8-9-20(34-11-6-2)21(13-16)33-7-3)22-23(28-29-24(22)26(30)32)17-14-18(27)15(4)12-19(17)31/h5,8-9,12-14,25,31H,1,6-7,10-11H2,2-4H3,(H,28,29). The minimum absolute atomic E-state index is 0.0443. The lowest BCUT2D eigenvalue weighted by Gasteiger charge is -2.26. The van der Waals surface area contributed by atoms with Gasteiger partial charge in [-0.2, -0.15) is 5.10 Å². The van der Waals surface area contributed by atoms with E-state index >= 15 is 0 Å². The number of rotatable bonds is 9. The summed E-state index contributed by atoms with van der Waals surface area (Å²) in [6, 6.07) is 8.50. The lowest BCUT2D eigenvalue weighted by Crippen LogP contribution is -2.29. The largest absolute Gasteiger partial charge is 0.507 e. The molecule has 0 saturated carbocycles. The number of fused-ring (bicyclic) bond motifs is 1. The Morgan fingerprint density at radius 2 is 2.03 bits per heavy atom. The molecule has 2 heterocycles. The van der Waals surface area contributed by atoms with Crippen LogP contribution in [-0.2, 0) is 0 Å². The summed E-state index contributed by atoms with van der Waals surface area (Å²) >= 11 is 6.36. The first-order valence-electron chi connectivity index (χ1n) is 11.3. The zero-order chi connectivity index (χ0) is 24.4. The molecule has 178 valence electrons. The average molecular weight is 482 g/mol. The van der Waals surface area contributed by atoms with Crippen LogP contribution in [-0.4, -0.2) is 45.9 Å². The number of ether oxygens (including phenoxy) is 2. The van der Waals surface area contributed by atoms with E-state index in [4.69, 9.17) is 21.1 Å². The number of aromatic hydroxyl groups is 1. The summed E-state index contributed by atoms with van der Waals surface area (Å²) < 4.78 is 11.7. The Kier molecular flexibility index (Phi) is 6.84. The molecule has 4 rings (SSSR count). The summed E-state index contributed by atoms with van der Waals surface area (Å²) in [5.41, 5.74) is 3.57. The fraction of sp³-hybridized carbons (Fsp3) is 0.308. The second kappa shape index (κ2) is 9.81. The van der Waals surface area contributed by atoms with Gasteiger partial charge in [-0.15, -0.1) is 6.58 Å². The van der Waals surface area contributed by atoms with Crippen molar-refractivity contribution in [3.8, 4) is 28.5 Å². The first-order valence-corrected chi connectivity index (χ1v) is 11.7. The fourth-order valence-corrected chi connectivity index (χ4v) is 4.39. The van der Waals surface area contributed by atoms with E-state index in [1.165, 1.54) is 0 Å². The SMILES string of the molecule is C=CCN1C(=O)c2[nH]nc(-c3cc(Cl)c(C)cc3O)c2C1c1ccc(OCCC)c(OCC)c1. The third kappa shape index (κ3) is 4.12. The number of halogens is 1. The van der Waals surface area contributed by atoms with Crippen LogP contribution in [0.25, 0.3) is 11.3 Å². The van der Waals surface area contributed by atoms with Crippen molar-refractivity contribution in [3.63, 3.8) is 0 Å². The second-order valence-corrected chi connectivity index (χ2v) is 8.52. The van der Waals surface area contributed by atoms with Gasteiger partial charge in [-0.25, -0.2) is 0 Å². The molecule has 2 N–H and O–H groups in total. The number of carbonyl (C=O) groups excluding carboxylic acids is 1. The number of hydrogen-bond acceptors (Lipinski definition) is 5.